The summed E-state index contributed by atoms with van der Waals surface area (Å²) in [4.78, 5) is 18.8. The van der Waals surface area contributed by atoms with E-state index in [4.69, 9.17) is 13.9 Å². The van der Waals surface area contributed by atoms with Gasteiger partial charge in [0.2, 0.25) is 0 Å². The standard InChI is InChI=1S/C24H21FN2O5S/c1-14-26-17(13-33-14)12-31-21-10-18-20(11-19(21)27-6-8-30-9-7-27)32-23(22(18)24(28)29)15-2-4-16(25)5-3-15/h2-5,10-11,13H,6-9,12H2,1H3,(H,28,29). The van der Waals surface area contributed by atoms with E-state index in [2.05, 4.69) is 9.88 Å². The minimum atomic E-state index is -1.13. The van der Waals surface area contributed by atoms with Crippen molar-refractivity contribution in [2.75, 3.05) is 31.2 Å². The first-order valence-corrected chi connectivity index (χ1v) is 11.3. The van der Waals surface area contributed by atoms with Gasteiger partial charge in [0.15, 0.2) is 0 Å². The molecule has 2 aromatic heterocycles. The maximum atomic E-state index is 13.4. The number of aryl methyl sites for hydroxylation is 1. The third-order valence-electron chi connectivity index (χ3n) is 5.48. The summed E-state index contributed by atoms with van der Waals surface area (Å²) in [6.07, 6.45) is 0. The van der Waals surface area contributed by atoms with Gasteiger partial charge in [0.1, 0.15) is 35.1 Å². The third-order valence-corrected chi connectivity index (χ3v) is 6.31. The summed E-state index contributed by atoms with van der Waals surface area (Å²) < 4.78 is 31.1. The average molecular weight is 469 g/mol. The van der Waals surface area contributed by atoms with Crippen LogP contribution in [-0.4, -0.2) is 42.4 Å². The Balaban J connectivity index is 1.63. The number of halogens is 1. The molecule has 0 amide bonds. The summed E-state index contributed by atoms with van der Waals surface area (Å²) in [6, 6.07) is 9.07. The lowest BCUT2D eigenvalue weighted by Crippen LogP contribution is -2.36. The van der Waals surface area contributed by atoms with Gasteiger partial charge in [-0.2, -0.15) is 0 Å². The van der Waals surface area contributed by atoms with E-state index >= 15 is 0 Å². The number of morpholine rings is 1. The fourth-order valence-electron chi connectivity index (χ4n) is 3.92. The summed E-state index contributed by atoms with van der Waals surface area (Å²) in [6.45, 7) is 4.72. The molecule has 170 valence electrons. The second-order valence-electron chi connectivity index (χ2n) is 7.68. The Hall–Kier alpha value is -3.43. The van der Waals surface area contributed by atoms with E-state index in [1.807, 2.05) is 18.4 Å². The average Bonchev–Trinajstić information content (AvgIpc) is 3.41. The van der Waals surface area contributed by atoms with Crippen LogP contribution in [0.3, 0.4) is 0 Å². The number of carboxylic acids is 1. The van der Waals surface area contributed by atoms with Crippen molar-refractivity contribution in [1.29, 1.82) is 0 Å². The summed E-state index contributed by atoms with van der Waals surface area (Å²) in [5.74, 6) is -0.815. The van der Waals surface area contributed by atoms with Crippen LogP contribution in [0.2, 0.25) is 0 Å². The molecular weight excluding hydrogens is 447 g/mol. The van der Waals surface area contributed by atoms with E-state index in [1.165, 1.54) is 24.3 Å². The van der Waals surface area contributed by atoms with Gasteiger partial charge in [-0.25, -0.2) is 14.2 Å². The van der Waals surface area contributed by atoms with Crippen molar-refractivity contribution in [3.63, 3.8) is 0 Å². The Morgan fingerprint density at radius 3 is 2.67 bits per heavy atom. The number of aromatic carboxylic acids is 1. The van der Waals surface area contributed by atoms with Crippen LogP contribution < -0.4 is 9.64 Å². The van der Waals surface area contributed by atoms with Crippen LogP contribution in [-0.2, 0) is 11.3 Å². The Bertz CT molecular complexity index is 1310. The van der Waals surface area contributed by atoms with Gasteiger partial charge < -0.3 is 23.9 Å². The van der Waals surface area contributed by atoms with Crippen molar-refractivity contribution < 1.29 is 28.2 Å². The molecule has 0 unspecified atom stereocenters. The predicted molar refractivity (Wildman–Crippen MR) is 123 cm³/mol. The number of aromatic nitrogens is 1. The summed E-state index contributed by atoms with van der Waals surface area (Å²) in [7, 11) is 0. The maximum Gasteiger partial charge on any atom is 0.340 e. The molecular formula is C24H21FN2O5S. The van der Waals surface area contributed by atoms with Crippen LogP contribution in [0.4, 0.5) is 10.1 Å². The normalized spacial score (nSPS) is 14.1. The van der Waals surface area contributed by atoms with Gasteiger partial charge in [-0.3, -0.25) is 0 Å². The molecule has 1 aliphatic rings. The predicted octanol–water partition coefficient (Wildman–Crippen LogP) is 5.12. The molecule has 0 radical (unpaired) electrons. The topological polar surface area (TPSA) is 85.0 Å². The van der Waals surface area contributed by atoms with Crippen LogP contribution in [0, 0.1) is 12.7 Å². The number of anilines is 1. The summed E-state index contributed by atoms with van der Waals surface area (Å²) in [5.41, 5.74) is 2.53. The Morgan fingerprint density at radius 1 is 1.24 bits per heavy atom. The molecule has 4 aromatic rings. The van der Waals surface area contributed by atoms with Crippen molar-refractivity contribution >= 4 is 34.0 Å². The molecule has 1 N–H and O–H groups in total. The van der Waals surface area contributed by atoms with Gasteiger partial charge in [0, 0.05) is 35.5 Å². The van der Waals surface area contributed by atoms with Gasteiger partial charge in [0.05, 0.1) is 29.6 Å². The second-order valence-corrected chi connectivity index (χ2v) is 8.74. The molecule has 2 aromatic carbocycles. The molecule has 5 rings (SSSR count). The number of hydrogen-bond acceptors (Lipinski definition) is 7. The Kier molecular flexibility index (Phi) is 5.74. The molecule has 7 nitrogen and oxygen atoms in total. The van der Waals surface area contributed by atoms with E-state index in [0.29, 0.717) is 48.6 Å². The molecule has 0 atom stereocenters. The zero-order chi connectivity index (χ0) is 22.9. The molecule has 3 heterocycles. The molecule has 0 spiro atoms. The number of hydrogen-bond donors (Lipinski definition) is 1. The lowest BCUT2D eigenvalue weighted by molar-refractivity contribution is 0.0699. The smallest absolute Gasteiger partial charge is 0.340 e. The van der Waals surface area contributed by atoms with E-state index in [1.54, 1.807) is 17.4 Å². The van der Waals surface area contributed by atoms with Crippen LogP contribution in [0.1, 0.15) is 21.1 Å². The molecule has 1 aliphatic heterocycles. The highest BCUT2D eigenvalue weighted by Gasteiger charge is 2.25. The quantitative estimate of drug-likeness (QED) is 0.421. The number of rotatable bonds is 6. The first kappa shape index (κ1) is 21.4. The van der Waals surface area contributed by atoms with Gasteiger partial charge in [0.25, 0.3) is 0 Å². The largest absolute Gasteiger partial charge is 0.485 e. The van der Waals surface area contributed by atoms with Gasteiger partial charge in [-0.1, -0.05) is 0 Å². The fourth-order valence-corrected chi connectivity index (χ4v) is 4.52. The van der Waals surface area contributed by atoms with E-state index in [-0.39, 0.29) is 17.9 Å². The number of nitrogens with zero attached hydrogens (tertiary/aromatic N) is 2. The molecule has 0 bridgehead atoms. The number of carbonyl (C=O) groups is 1. The number of carboxylic acid groups (broad SMARTS) is 1. The number of furan rings is 1. The molecule has 9 heteroatoms. The van der Waals surface area contributed by atoms with Crippen molar-refractivity contribution in [3.8, 4) is 17.1 Å². The lowest BCUT2D eigenvalue weighted by Gasteiger charge is -2.30. The van der Waals surface area contributed by atoms with Crippen LogP contribution in [0.15, 0.2) is 46.2 Å². The Morgan fingerprint density at radius 2 is 2.00 bits per heavy atom. The first-order chi connectivity index (χ1) is 16.0. The zero-order valence-corrected chi connectivity index (χ0v) is 18.7. The minimum Gasteiger partial charge on any atom is -0.485 e. The highest BCUT2D eigenvalue weighted by molar-refractivity contribution is 7.09. The van der Waals surface area contributed by atoms with Crippen molar-refractivity contribution in [1.82, 2.24) is 4.98 Å². The number of ether oxygens (including phenoxy) is 2. The molecule has 33 heavy (non-hydrogen) atoms. The number of thiazole rings is 1. The van der Waals surface area contributed by atoms with Gasteiger partial charge >= 0.3 is 5.97 Å². The minimum absolute atomic E-state index is 0.0134. The second kappa shape index (κ2) is 8.84. The van der Waals surface area contributed by atoms with Crippen molar-refractivity contribution in [2.24, 2.45) is 0 Å². The highest BCUT2D eigenvalue weighted by atomic mass is 32.1. The van der Waals surface area contributed by atoms with E-state index < -0.39 is 11.8 Å². The highest BCUT2D eigenvalue weighted by Crippen LogP contribution is 2.41. The fraction of sp³-hybridized carbons (Fsp3) is 0.250. The Labute approximate surface area is 193 Å². The third kappa shape index (κ3) is 4.29. The summed E-state index contributed by atoms with van der Waals surface area (Å²) >= 11 is 1.55. The molecule has 0 aliphatic carbocycles. The van der Waals surface area contributed by atoms with Gasteiger partial charge in [-0.15, -0.1) is 11.3 Å². The van der Waals surface area contributed by atoms with Gasteiger partial charge in [-0.05, 0) is 37.3 Å². The number of benzene rings is 2. The van der Waals surface area contributed by atoms with Crippen molar-refractivity contribution in [2.45, 2.75) is 13.5 Å². The molecule has 1 saturated heterocycles. The van der Waals surface area contributed by atoms with E-state index in [0.717, 1.165) is 16.4 Å². The monoisotopic (exact) mass is 468 g/mol. The molecule has 1 fully saturated rings. The van der Waals surface area contributed by atoms with Crippen LogP contribution in [0.25, 0.3) is 22.3 Å². The summed E-state index contributed by atoms with van der Waals surface area (Å²) in [5, 5.41) is 13.3. The SMILES string of the molecule is Cc1nc(COc2cc3c(C(=O)O)c(-c4ccc(F)cc4)oc3cc2N2CCOCC2)cs1. The number of fused-ring (bicyclic) bond motifs is 1. The van der Waals surface area contributed by atoms with Crippen LogP contribution in [0.5, 0.6) is 5.75 Å². The first-order valence-electron chi connectivity index (χ1n) is 10.5. The van der Waals surface area contributed by atoms with E-state index in [9.17, 15) is 14.3 Å². The van der Waals surface area contributed by atoms with Crippen molar-refractivity contribution in [3.05, 3.63) is 63.9 Å². The van der Waals surface area contributed by atoms with Crippen LogP contribution >= 0.6 is 11.3 Å². The lowest BCUT2D eigenvalue weighted by atomic mass is 10.0. The molecule has 0 saturated carbocycles. The zero-order valence-electron chi connectivity index (χ0n) is 17.8. The maximum absolute atomic E-state index is 13.4.